The molecule has 0 aliphatic heterocycles. The summed E-state index contributed by atoms with van der Waals surface area (Å²) >= 11 is 10.7. The molecular weight excluding hydrogens is 649 g/mol. The Labute approximate surface area is 192 Å². The van der Waals surface area contributed by atoms with Gasteiger partial charge in [0.2, 0.25) is 0 Å². The number of halogens is 2. The van der Waals surface area contributed by atoms with Crippen LogP contribution in [0.5, 0.6) is 11.5 Å². The van der Waals surface area contributed by atoms with Crippen LogP contribution in [-0.2, 0) is 47.2 Å². The van der Waals surface area contributed by atoms with Crippen LogP contribution in [0.1, 0.15) is 11.1 Å². The molecule has 152 valence electrons. The summed E-state index contributed by atoms with van der Waals surface area (Å²) in [6.45, 7) is 1.27. The normalized spacial score (nSPS) is 8.69. The van der Waals surface area contributed by atoms with E-state index in [0.717, 1.165) is 35.5 Å². The van der Waals surface area contributed by atoms with Crippen molar-refractivity contribution in [3.05, 3.63) is 59.7 Å². The Morgan fingerprint density at radius 2 is 1.15 bits per heavy atom. The molecule has 26 heavy (non-hydrogen) atoms. The van der Waals surface area contributed by atoms with Gasteiger partial charge in [-0.15, -0.1) is 23.3 Å². The zero-order chi connectivity index (χ0) is 20.2. The van der Waals surface area contributed by atoms with Crippen molar-refractivity contribution in [2.45, 2.75) is 12.8 Å². The molecule has 0 saturated heterocycles. The van der Waals surface area contributed by atoms with E-state index in [1.807, 2.05) is 36.4 Å². The fourth-order valence-corrected chi connectivity index (χ4v) is 1.97. The molecular formula is C18H24Br2N2O2Pd2. The summed E-state index contributed by atoms with van der Waals surface area (Å²) in [4.78, 5) is 0. The molecule has 0 atom stereocenters. The molecule has 0 spiro atoms. The van der Waals surface area contributed by atoms with Crippen molar-refractivity contribution in [1.82, 2.24) is 0 Å². The predicted octanol–water partition coefficient (Wildman–Crippen LogP) is 3.68. The number of hydrogen-bond acceptors (Lipinski definition) is 4. The molecule has 2 aromatic rings. The van der Waals surface area contributed by atoms with Gasteiger partial charge in [0, 0.05) is 11.5 Å². The first-order chi connectivity index (χ1) is 12.8. The zero-order valence-corrected chi connectivity index (χ0v) is 20.9. The maximum atomic E-state index is 5.41. The van der Waals surface area contributed by atoms with Crippen LogP contribution in [0.2, 0.25) is 0 Å². The molecule has 4 N–H and O–H groups in total. The molecule has 0 unspecified atom stereocenters. The van der Waals surface area contributed by atoms with Gasteiger partial charge in [0.25, 0.3) is 0 Å². The van der Waals surface area contributed by atoms with Crippen LogP contribution in [0.4, 0.5) is 0 Å². The van der Waals surface area contributed by atoms with Crippen molar-refractivity contribution in [3.8, 4) is 11.5 Å². The maximum absolute atomic E-state index is 5.41. The molecule has 8 heteroatoms. The van der Waals surface area contributed by atoms with Crippen molar-refractivity contribution in [2.24, 2.45) is 11.5 Å². The average Bonchev–Trinajstić information content (AvgIpc) is 2.73. The van der Waals surface area contributed by atoms with E-state index in [0.29, 0.717) is 13.1 Å². The van der Waals surface area contributed by atoms with Crippen LogP contribution in [0.15, 0.2) is 36.4 Å². The van der Waals surface area contributed by atoms with Gasteiger partial charge in [-0.3, -0.25) is 0 Å². The summed E-state index contributed by atoms with van der Waals surface area (Å²) in [6, 6.07) is 17.5. The van der Waals surface area contributed by atoms with Gasteiger partial charge in [0.1, 0.15) is 0 Å². The number of nitrogens with two attached hydrogens (primary N) is 2. The predicted molar refractivity (Wildman–Crippen MR) is 107 cm³/mol. The fraction of sp³-hybridized carbons (Fsp3) is 0.333. The molecule has 0 amide bonds. The first-order valence-electron chi connectivity index (χ1n) is 7.48. The van der Waals surface area contributed by atoms with Crippen LogP contribution in [0.3, 0.4) is 0 Å². The van der Waals surface area contributed by atoms with Gasteiger partial charge in [-0.05, 0) is 25.9 Å². The molecule has 2 rings (SSSR count). The summed E-state index contributed by atoms with van der Waals surface area (Å²) in [5.74, 6) is 1.75. The quantitative estimate of drug-likeness (QED) is 0.363. The van der Waals surface area contributed by atoms with Crippen molar-refractivity contribution in [2.75, 3.05) is 27.3 Å². The third-order valence-electron chi connectivity index (χ3n) is 3.03. The minimum absolute atomic E-state index is 0.636. The summed E-state index contributed by atoms with van der Waals surface area (Å²) in [5, 5.41) is 0. The van der Waals surface area contributed by atoms with Gasteiger partial charge in [-0.2, -0.15) is 36.4 Å². The zero-order valence-electron chi connectivity index (χ0n) is 14.7. The third-order valence-corrected chi connectivity index (χ3v) is 3.03. The van der Waals surface area contributed by atoms with Gasteiger partial charge in [0.15, 0.2) is 0 Å². The van der Waals surface area contributed by atoms with Gasteiger partial charge in [-0.25, -0.2) is 0 Å². The fourth-order valence-electron chi connectivity index (χ4n) is 1.97. The van der Waals surface area contributed by atoms with Crippen LogP contribution in [0.25, 0.3) is 0 Å². The number of benzene rings is 2. The van der Waals surface area contributed by atoms with Crippen molar-refractivity contribution >= 4 is 26.9 Å². The second-order valence-electron chi connectivity index (χ2n) is 4.51. The van der Waals surface area contributed by atoms with E-state index in [1.165, 1.54) is 0 Å². The Bertz CT molecular complexity index is 515. The summed E-state index contributed by atoms with van der Waals surface area (Å²) in [7, 11) is 3.31. The number of rotatable bonds is 6. The molecule has 0 aromatic heterocycles. The van der Waals surface area contributed by atoms with Gasteiger partial charge in [-0.1, -0.05) is 0 Å². The van der Waals surface area contributed by atoms with E-state index in [9.17, 15) is 0 Å². The van der Waals surface area contributed by atoms with E-state index in [-0.39, 0.29) is 0 Å². The molecule has 2 aromatic carbocycles. The Hall–Kier alpha value is 0.245. The van der Waals surface area contributed by atoms with Crippen molar-refractivity contribution in [1.29, 1.82) is 0 Å². The van der Waals surface area contributed by atoms with Gasteiger partial charge in [0.05, 0.1) is 14.2 Å². The first-order valence-corrected chi connectivity index (χ1v) is 14.6. The van der Waals surface area contributed by atoms with Crippen LogP contribution in [0, 0.1) is 12.1 Å². The number of hydrogen-bond donors (Lipinski definition) is 2. The van der Waals surface area contributed by atoms with E-state index < -0.39 is 0 Å². The molecule has 0 aliphatic rings. The molecule has 0 aliphatic carbocycles. The monoisotopic (exact) mass is 670 g/mol. The Kier molecular flexibility index (Phi) is 23.6. The topological polar surface area (TPSA) is 70.5 Å². The van der Waals surface area contributed by atoms with Crippen LogP contribution >= 0.6 is 26.9 Å². The number of methoxy groups -OCH3 is 2. The standard InChI is InChI=1S/2C9H12NO.2BrH.2Pd/c2*1-11-9-5-3-2-4-8(9)6-7-10;;;;/h2*2-3,5H,6-7,10H2,1H3;2*1H;;/q2*-1;;;2*+2/p-2. The first kappa shape index (κ1) is 28.5. The summed E-state index contributed by atoms with van der Waals surface area (Å²) in [5.41, 5.74) is 12.9. The SMILES string of the molecule is COc1ccc[c-]c1CCN.COc1ccc[c-]c1CCN.[Br][Pd+].[Br][Pd+]. The molecule has 4 nitrogen and oxygen atoms in total. The molecule has 0 bridgehead atoms. The molecule has 0 heterocycles. The van der Waals surface area contributed by atoms with Gasteiger partial charge >= 0.3 is 61.2 Å². The summed E-state index contributed by atoms with van der Waals surface area (Å²) in [6.07, 6.45) is 1.65. The molecule has 0 radical (unpaired) electrons. The van der Waals surface area contributed by atoms with E-state index in [2.05, 4.69) is 73.4 Å². The van der Waals surface area contributed by atoms with E-state index in [1.54, 1.807) is 14.2 Å². The van der Waals surface area contributed by atoms with Crippen LogP contribution in [-0.4, -0.2) is 27.3 Å². The van der Waals surface area contributed by atoms with E-state index in [4.69, 9.17) is 20.9 Å². The Balaban J connectivity index is 0. The second-order valence-corrected chi connectivity index (χ2v) is 4.51. The van der Waals surface area contributed by atoms with Gasteiger partial charge < -0.3 is 20.9 Å². The Morgan fingerprint density at radius 3 is 1.42 bits per heavy atom. The van der Waals surface area contributed by atoms with Crippen molar-refractivity contribution < 1.29 is 43.8 Å². The van der Waals surface area contributed by atoms with E-state index >= 15 is 0 Å². The summed E-state index contributed by atoms with van der Waals surface area (Å²) < 4.78 is 10.2. The second kappa shape index (κ2) is 21.5. The molecule has 0 saturated carbocycles. The Morgan fingerprint density at radius 1 is 0.808 bits per heavy atom. The number of ether oxygens (including phenoxy) is 2. The van der Waals surface area contributed by atoms with Crippen molar-refractivity contribution in [3.63, 3.8) is 0 Å². The van der Waals surface area contributed by atoms with Crippen LogP contribution < -0.4 is 20.9 Å². The third kappa shape index (κ3) is 12.6. The molecule has 0 fully saturated rings. The minimum atomic E-state index is 0.636. The average molecular weight is 673 g/mol.